The molecule has 2 aromatic rings. The SMILES string of the molecule is Cc1c(NC(=O)CC(N)c2ccccc2)cccc1OCC(F)(F)F.Cl. The Kier molecular flexibility index (Phi) is 7.92. The highest BCUT2D eigenvalue weighted by Crippen LogP contribution is 2.27. The molecule has 1 unspecified atom stereocenters. The number of halogens is 4. The number of benzene rings is 2. The van der Waals surface area contributed by atoms with Gasteiger partial charge in [-0.05, 0) is 24.6 Å². The first-order valence-electron chi connectivity index (χ1n) is 7.66. The van der Waals surface area contributed by atoms with E-state index in [2.05, 4.69) is 5.32 Å². The van der Waals surface area contributed by atoms with Gasteiger partial charge in [-0.15, -0.1) is 12.4 Å². The molecule has 0 heterocycles. The van der Waals surface area contributed by atoms with Crippen molar-refractivity contribution in [2.75, 3.05) is 11.9 Å². The van der Waals surface area contributed by atoms with Gasteiger partial charge < -0.3 is 15.8 Å². The summed E-state index contributed by atoms with van der Waals surface area (Å²) < 4.78 is 41.6. The van der Waals surface area contributed by atoms with Gasteiger partial charge in [0.2, 0.25) is 5.91 Å². The van der Waals surface area contributed by atoms with Crippen LogP contribution >= 0.6 is 12.4 Å². The van der Waals surface area contributed by atoms with Gasteiger partial charge >= 0.3 is 6.18 Å². The predicted molar refractivity (Wildman–Crippen MR) is 96.6 cm³/mol. The molecule has 0 bridgehead atoms. The van der Waals surface area contributed by atoms with Crippen LogP contribution in [0.4, 0.5) is 18.9 Å². The molecule has 0 aliphatic heterocycles. The number of hydrogen-bond acceptors (Lipinski definition) is 3. The number of nitrogens with two attached hydrogens (primary N) is 1. The summed E-state index contributed by atoms with van der Waals surface area (Å²) in [6.45, 7) is 0.197. The smallest absolute Gasteiger partial charge is 0.422 e. The maximum Gasteiger partial charge on any atom is 0.422 e. The Balaban J connectivity index is 0.00000338. The van der Waals surface area contributed by atoms with Crippen LogP contribution in [-0.4, -0.2) is 18.7 Å². The number of alkyl halides is 3. The molecule has 26 heavy (non-hydrogen) atoms. The third kappa shape index (κ3) is 6.57. The summed E-state index contributed by atoms with van der Waals surface area (Å²) in [4.78, 5) is 12.2. The number of hydrogen-bond donors (Lipinski definition) is 2. The van der Waals surface area contributed by atoms with E-state index in [0.717, 1.165) is 5.56 Å². The van der Waals surface area contributed by atoms with E-state index in [0.29, 0.717) is 11.3 Å². The molecule has 0 aromatic heterocycles. The molecule has 0 aliphatic rings. The first kappa shape index (κ1) is 21.8. The summed E-state index contributed by atoms with van der Waals surface area (Å²) in [6.07, 6.45) is -4.37. The van der Waals surface area contributed by atoms with Crippen LogP contribution in [0.1, 0.15) is 23.6 Å². The summed E-state index contributed by atoms with van der Waals surface area (Å²) in [7, 11) is 0. The van der Waals surface area contributed by atoms with Gasteiger partial charge in [0, 0.05) is 23.7 Å². The minimum Gasteiger partial charge on any atom is -0.484 e. The van der Waals surface area contributed by atoms with E-state index in [4.69, 9.17) is 10.5 Å². The molecule has 2 rings (SSSR count). The van der Waals surface area contributed by atoms with Crippen molar-refractivity contribution < 1.29 is 22.7 Å². The molecular weight excluding hydrogens is 369 g/mol. The Hall–Kier alpha value is -2.25. The summed E-state index contributed by atoms with van der Waals surface area (Å²) in [6, 6.07) is 13.2. The fourth-order valence-electron chi connectivity index (χ4n) is 2.28. The van der Waals surface area contributed by atoms with Crippen molar-refractivity contribution in [1.29, 1.82) is 0 Å². The molecule has 4 nitrogen and oxygen atoms in total. The van der Waals surface area contributed by atoms with Gasteiger partial charge in [0.15, 0.2) is 6.61 Å². The molecule has 142 valence electrons. The quantitative estimate of drug-likeness (QED) is 0.771. The van der Waals surface area contributed by atoms with Crippen LogP contribution in [0, 0.1) is 6.92 Å². The maximum atomic E-state index is 12.3. The van der Waals surface area contributed by atoms with Crippen LogP contribution in [-0.2, 0) is 4.79 Å². The monoisotopic (exact) mass is 388 g/mol. The second kappa shape index (κ2) is 9.45. The third-order valence-electron chi connectivity index (χ3n) is 3.58. The summed E-state index contributed by atoms with van der Waals surface area (Å²) >= 11 is 0. The molecule has 0 saturated carbocycles. The maximum absolute atomic E-state index is 12.3. The molecule has 0 fully saturated rings. The van der Waals surface area contributed by atoms with E-state index >= 15 is 0 Å². The number of anilines is 1. The molecule has 1 amide bonds. The van der Waals surface area contributed by atoms with E-state index in [9.17, 15) is 18.0 Å². The van der Waals surface area contributed by atoms with Gasteiger partial charge in [-0.3, -0.25) is 4.79 Å². The average molecular weight is 389 g/mol. The minimum absolute atomic E-state index is 0. The Morgan fingerprint density at radius 1 is 1.15 bits per heavy atom. The first-order chi connectivity index (χ1) is 11.8. The van der Waals surface area contributed by atoms with Crippen LogP contribution < -0.4 is 15.8 Å². The number of carbonyl (C=O) groups is 1. The number of nitrogens with one attached hydrogen (secondary N) is 1. The normalized spacial score (nSPS) is 12.0. The lowest BCUT2D eigenvalue weighted by molar-refractivity contribution is -0.153. The van der Waals surface area contributed by atoms with E-state index < -0.39 is 18.8 Å². The van der Waals surface area contributed by atoms with Crippen molar-refractivity contribution in [1.82, 2.24) is 0 Å². The van der Waals surface area contributed by atoms with Crippen LogP contribution in [0.5, 0.6) is 5.75 Å². The Labute approximate surface area is 155 Å². The van der Waals surface area contributed by atoms with Crippen LogP contribution in [0.25, 0.3) is 0 Å². The molecule has 0 radical (unpaired) electrons. The lowest BCUT2D eigenvalue weighted by Gasteiger charge is -2.16. The fourth-order valence-corrected chi connectivity index (χ4v) is 2.28. The Morgan fingerprint density at radius 3 is 2.42 bits per heavy atom. The topological polar surface area (TPSA) is 64.4 Å². The number of ether oxygens (including phenoxy) is 1. The Morgan fingerprint density at radius 2 is 1.81 bits per heavy atom. The number of rotatable bonds is 6. The van der Waals surface area contributed by atoms with Gasteiger partial charge in [-0.25, -0.2) is 0 Å². The largest absolute Gasteiger partial charge is 0.484 e. The van der Waals surface area contributed by atoms with Gasteiger partial charge in [-0.2, -0.15) is 13.2 Å². The minimum atomic E-state index is -4.42. The van der Waals surface area contributed by atoms with Crippen LogP contribution in [0.2, 0.25) is 0 Å². The van der Waals surface area contributed by atoms with E-state index in [1.165, 1.54) is 12.1 Å². The van der Waals surface area contributed by atoms with Crippen LogP contribution in [0.3, 0.4) is 0 Å². The molecule has 0 spiro atoms. The average Bonchev–Trinajstić information content (AvgIpc) is 2.55. The molecular formula is C18H20ClF3N2O2. The standard InChI is InChI=1S/C18H19F3N2O2.ClH/c1-12-15(8-5-9-16(12)25-11-18(19,20)21)23-17(24)10-14(22)13-6-3-2-4-7-13;/h2-9,14H,10-11,22H2,1H3,(H,23,24);1H. The zero-order chi connectivity index (χ0) is 18.4. The third-order valence-corrected chi connectivity index (χ3v) is 3.58. The van der Waals surface area contributed by atoms with Crippen molar-refractivity contribution in [2.45, 2.75) is 25.6 Å². The van der Waals surface area contributed by atoms with Crippen molar-refractivity contribution in [2.24, 2.45) is 5.73 Å². The number of carbonyl (C=O) groups excluding carboxylic acids is 1. The van der Waals surface area contributed by atoms with E-state index in [1.807, 2.05) is 30.3 Å². The lowest BCUT2D eigenvalue weighted by Crippen LogP contribution is -2.21. The zero-order valence-corrected chi connectivity index (χ0v) is 14.9. The second-order valence-electron chi connectivity index (χ2n) is 5.60. The van der Waals surface area contributed by atoms with E-state index in [1.54, 1.807) is 13.0 Å². The van der Waals surface area contributed by atoms with Crippen molar-refractivity contribution in [3.63, 3.8) is 0 Å². The van der Waals surface area contributed by atoms with Crippen molar-refractivity contribution in [3.05, 3.63) is 59.7 Å². The first-order valence-corrected chi connectivity index (χ1v) is 7.66. The predicted octanol–water partition coefficient (Wildman–Crippen LogP) is 4.39. The van der Waals surface area contributed by atoms with Gasteiger partial charge in [-0.1, -0.05) is 36.4 Å². The number of amides is 1. The van der Waals surface area contributed by atoms with E-state index in [-0.39, 0.29) is 30.5 Å². The van der Waals surface area contributed by atoms with Gasteiger partial charge in [0.1, 0.15) is 5.75 Å². The van der Waals surface area contributed by atoms with Gasteiger partial charge in [0.25, 0.3) is 0 Å². The summed E-state index contributed by atoms with van der Waals surface area (Å²) in [5, 5.41) is 2.67. The second-order valence-corrected chi connectivity index (χ2v) is 5.60. The van der Waals surface area contributed by atoms with Crippen molar-refractivity contribution in [3.8, 4) is 5.75 Å². The Bertz CT molecular complexity index is 724. The highest BCUT2D eigenvalue weighted by atomic mass is 35.5. The van der Waals surface area contributed by atoms with Crippen molar-refractivity contribution >= 4 is 24.0 Å². The summed E-state index contributed by atoms with van der Waals surface area (Å²) in [5.74, 6) is -0.255. The molecule has 0 aliphatic carbocycles. The lowest BCUT2D eigenvalue weighted by atomic mass is 10.0. The highest BCUT2D eigenvalue weighted by Gasteiger charge is 2.28. The zero-order valence-electron chi connectivity index (χ0n) is 14.0. The van der Waals surface area contributed by atoms with Crippen LogP contribution in [0.15, 0.2) is 48.5 Å². The highest BCUT2D eigenvalue weighted by molar-refractivity contribution is 5.92. The van der Waals surface area contributed by atoms with Gasteiger partial charge in [0.05, 0.1) is 0 Å². The molecule has 0 saturated heterocycles. The molecule has 3 N–H and O–H groups in total. The summed E-state index contributed by atoms with van der Waals surface area (Å²) in [5.41, 5.74) is 7.65. The molecule has 2 aromatic carbocycles. The molecule has 1 atom stereocenters. The fraction of sp³-hybridized carbons (Fsp3) is 0.278. The molecule has 8 heteroatoms.